The number of rotatable bonds is 5. The fraction of sp³-hybridized carbons (Fsp3) is 0.368. The molecule has 0 amide bonds. The highest BCUT2D eigenvalue weighted by molar-refractivity contribution is 7.89. The SMILES string of the molecule is CNS(=O)(=O)c1ccc(-c2nn(C3CCCC3)c3ccnc(OC)c23)cc1. The molecule has 1 aromatic carbocycles. The lowest BCUT2D eigenvalue weighted by Gasteiger charge is -2.11. The van der Waals surface area contributed by atoms with Gasteiger partial charge in [-0.05, 0) is 38.1 Å². The standard InChI is InChI=1S/C19H22N4O3S/c1-20-27(24,25)15-9-7-13(8-10-15)18-17-16(11-12-21-19(17)26-2)23(22-18)14-5-3-4-6-14/h7-12,14,20H,3-6H2,1-2H3. The minimum atomic E-state index is -3.47. The topological polar surface area (TPSA) is 86.1 Å². The van der Waals surface area contributed by atoms with Crippen molar-refractivity contribution in [2.24, 2.45) is 0 Å². The van der Waals surface area contributed by atoms with Crippen LogP contribution in [0.5, 0.6) is 5.88 Å². The average molecular weight is 386 g/mol. The van der Waals surface area contributed by atoms with Crippen LogP contribution in [0.2, 0.25) is 0 Å². The van der Waals surface area contributed by atoms with E-state index in [4.69, 9.17) is 9.84 Å². The molecule has 0 spiro atoms. The Balaban J connectivity index is 1.88. The molecular formula is C19H22N4O3S. The van der Waals surface area contributed by atoms with E-state index >= 15 is 0 Å². The van der Waals surface area contributed by atoms with Crippen LogP contribution in [-0.2, 0) is 10.0 Å². The third kappa shape index (κ3) is 3.08. The van der Waals surface area contributed by atoms with Crippen molar-refractivity contribution in [2.75, 3.05) is 14.2 Å². The summed E-state index contributed by atoms with van der Waals surface area (Å²) in [6.45, 7) is 0. The molecule has 7 nitrogen and oxygen atoms in total. The van der Waals surface area contributed by atoms with Gasteiger partial charge in [0, 0.05) is 11.8 Å². The summed E-state index contributed by atoms with van der Waals surface area (Å²) >= 11 is 0. The number of benzene rings is 1. The molecule has 2 aromatic heterocycles. The van der Waals surface area contributed by atoms with E-state index in [9.17, 15) is 8.42 Å². The lowest BCUT2D eigenvalue weighted by Crippen LogP contribution is -2.18. The number of pyridine rings is 1. The molecule has 0 bridgehead atoms. The number of hydrogen-bond acceptors (Lipinski definition) is 5. The molecule has 1 aliphatic carbocycles. The van der Waals surface area contributed by atoms with Gasteiger partial charge >= 0.3 is 0 Å². The van der Waals surface area contributed by atoms with E-state index in [1.165, 1.54) is 19.9 Å². The zero-order valence-corrected chi connectivity index (χ0v) is 16.2. The van der Waals surface area contributed by atoms with Crippen LogP contribution in [0.4, 0.5) is 0 Å². The highest BCUT2D eigenvalue weighted by Gasteiger charge is 2.24. The summed E-state index contributed by atoms with van der Waals surface area (Å²) in [5.74, 6) is 0.527. The largest absolute Gasteiger partial charge is 0.480 e. The Morgan fingerprint density at radius 3 is 2.48 bits per heavy atom. The van der Waals surface area contributed by atoms with E-state index in [0.717, 1.165) is 35.0 Å². The summed E-state index contributed by atoms with van der Waals surface area (Å²) in [4.78, 5) is 4.56. The Bertz CT molecular complexity index is 1070. The van der Waals surface area contributed by atoms with E-state index in [-0.39, 0.29) is 4.90 Å². The van der Waals surface area contributed by atoms with Crippen molar-refractivity contribution in [1.29, 1.82) is 0 Å². The molecule has 8 heteroatoms. The van der Waals surface area contributed by atoms with Gasteiger partial charge in [-0.15, -0.1) is 0 Å². The first kappa shape index (κ1) is 17.9. The molecule has 1 N–H and O–H groups in total. The number of fused-ring (bicyclic) bond motifs is 1. The van der Waals surface area contributed by atoms with E-state index in [0.29, 0.717) is 11.9 Å². The van der Waals surface area contributed by atoms with Gasteiger partial charge < -0.3 is 4.74 Å². The molecule has 27 heavy (non-hydrogen) atoms. The number of methoxy groups -OCH3 is 1. The number of ether oxygens (including phenoxy) is 1. The predicted octanol–water partition coefficient (Wildman–Crippen LogP) is 3.13. The number of sulfonamides is 1. The molecule has 0 atom stereocenters. The zero-order chi connectivity index (χ0) is 19.0. The van der Waals surface area contributed by atoms with E-state index in [2.05, 4.69) is 14.4 Å². The zero-order valence-electron chi connectivity index (χ0n) is 15.3. The van der Waals surface area contributed by atoms with Gasteiger partial charge in [0.1, 0.15) is 5.69 Å². The lowest BCUT2D eigenvalue weighted by atomic mass is 10.1. The summed E-state index contributed by atoms with van der Waals surface area (Å²) in [7, 11) is -0.475. The third-order valence-corrected chi connectivity index (χ3v) is 6.59. The monoisotopic (exact) mass is 386 g/mol. The van der Waals surface area contributed by atoms with Crippen molar-refractivity contribution in [3.8, 4) is 17.1 Å². The first-order valence-corrected chi connectivity index (χ1v) is 10.5. The maximum atomic E-state index is 12.0. The maximum Gasteiger partial charge on any atom is 0.240 e. The maximum absolute atomic E-state index is 12.0. The van der Waals surface area contributed by atoms with Gasteiger partial charge in [-0.2, -0.15) is 5.10 Å². The van der Waals surface area contributed by atoms with E-state index in [1.807, 2.05) is 6.07 Å². The first-order valence-electron chi connectivity index (χ1n) is 9.00. The van der Waals surface area contributed by atoms with Crippen molar-refractivity contribution in [3.63, 3.8) is 0 Å². The van der Waals surface area contributed by atoms with Crippen molar-refractivity contribution >= 4 is 20.9 Å². The normalized spacial score (nSPS) is 15.5. The van der Waals surface area contributed by atoms with Gasteiger partial charge in [-0.3, -0.25) is 4.68 Å². The predicted molar refractivity (Wildman–Crippen MR) is 103 cm³/mol. The Labute approximate surface area is 158 Å². The second-order valence-corrected chi connectivity index (χ2v) is 8.56. The smallest absolute Gasteiger partial charge is 0.240 e. The van der Waals surface area contributed by atoms with Crippen LogP contribution in [-0.4, -0.2) is 37.3 Å². The summed E-state index contributed by atoms with van der Waals surface area (Å²) in [5.41, 5.74) is 2.59. The van der Waals surface area contributed by atoms with E-state index < -0.39 is 10.0 Å². The van der Waals surface area contributed by atoms with Crippen molar-refractivity contribution in [1.82, 2.24) is 19.5 Å². The molecule has 0 unspecified atom stereocenters. The lowest BCUT2D eigenvalue weighted by molar-refractivity contribution is 0.403. The van der Waals surface area contributed by atoms with Gasteiger partial charge in [0.05, 0.1) is 29.0 Å². The molecule has 142 valence electrons. The van der Waals surface area contributed by atoms with Crippen LogP contribution in [0.15, 0.2) is 41.4 Å². The summed E-state index contributed by atoms with van der Waals surface area (Å²) < 4.78 is 33.9. The highest BCUT2D eigenvalue weighted by Crippen LogP contribution is 2.38. The summed E-state index contributed by atoms with van der Waals surface area (Å²) in [6.07, 6.45) is 6.38. The third-order valence-electron chi connectivity index (χ3n) is 5.16. The van der Waals surface area contributed by atoms with Crippen molar-refractivity contribution in [3.05, 3.63) is 36.5 Å². The Kier molecular flexibility index (Phi) is 4.61. The van der Waals surface area contributed by atoms with Crippen molar-refractivity contribution < 1.29 is 13.2 Å². The quantitative estimate of drug-likeness (QED) is 0.728. The van der Waals surface area contributed by atoms with Gasteiger partial charge in [0.25, 0.3) is 0 Å². The molecule has 3 aromatic rings. The fourth-order valence-corrected chi connectivity index (χ4v) is 4.48. The molecule has 0 saturated heterocycles. The number of nitrogens with one attached hydrogen (secondary N) is 1. The van der Waals surface area contributed by atoms with Crippen LogP contribution in [0.3, 0.4) is 0 Å². The Morgan fingerprint density at radius 1 is 1.15 bits per heavy atom. The van der Waals surface area contributed by atoms with Gasteiger partial charge in [0.15, 0.2) is 0 Å². The Hall–Kier alpha value is -2.45. The van der Waals surface area contributed by atoms with Crippen LogP contribution in [0.1, 0.15) is 31.7 Å². The minimum Gasteiger partial charge on any atom is -0.480 e. The summed E-state index contributed by atoms with van der Waals surface area (Å²) in [5, 5.41) is 5.75. The van der Waals surface area contributed by atoms with Crippen LogP contribution >= 0.6 is 0 Å². The Morgan fingerprint density at radius 2 is 1.85 bits per heavy atom. The number of nitrogens with zero attached hydrogens (tertiary/aromatic N) is 3. The molecule has 0 aliphatic heterocycles. The minimum absolute atomic E-state index is 0.221. The number of aromatic nitrogens is 3. The molecular weight excluding hydrogens is 364 g/mol. The fourth-order valence-electron chi connectivity index (χ4n) is 3.75. The van der Waals surface area contributed by atoms with Crippen LogP contribution in [0, 0.1) is 0 Å². The second kappa shape index (κ2) is 6.94. The van der Waals surface area contributed by atoms with E-state index in [1.54, 1.807) is 37.6 Å². The van der Waals surface area contributed by atoms with Crippen molar-refractivity contribution in [2.45, 2.75) is 36.6 Å². The van der Waals surface area contributed by atoms with Crippen LogP contribution < -0.4 is 9.46 Å². The molecule has 1 fully saturated rings. The molecule has 1 saturated carbocycles. The molecule has 2 heterocycles. The second-order valence-electron chi connectivity index (χ2n) is 6.68. The number of hydrogen-bond donors (Lipinski definition) is 1. The van der Waals surface area contributed by atoms with Gasteiger partial charge in [-0.1, -0.05) is 25.0 Å². The molecule has 0 radical (unpaired) electrons. The average Bonchev–Trinajstić information content (AvgIpc) is 3.35. The highest BCUT2D eigenvalue weighted by atomic mass is 32.2. The summed E-state index contributed by atoms with van der Waals surface area (Å²) in [6, 6.07) is 9.06. The first-order chi connectivity index (χ1) is 13.0. The van der Waals surface area contributed by atoms with Crippen LogP contribution in [0.25, 0.3) is 22.2 Å². The molecule has 1 aliphatic rings. The van der Waals surface area contributed by atoms with Gasteiger partial charge in [-0.25, -0.2) is 18.1 Å². The molecule has 4 rings (SSSR count). The van der Waals surface area contributed by atoms with Gasteiger partial charge in [0.2, 0.25) is 15.9 Å².